The number of aromatic nitrogens is 1. The van der Waals surface area contributed by atoms with E-state index >= 15 is 0 Å². The van der Waals surface area contributed by atoms with Crippen LogP contribution < -0.4 is 0 Å². The van der Waals surface area contributed by atoms with Gasteiger partial charge in [-0.25, -0.2) is 4.79 Å². The highest BCUT2D eigenvalue weighted by atomic mass is 16.4. The van der Waals surface area contributed by atoms with Gasteiger partial charge in [-0.1, -0.05) is 63.8 Å². The molecule has 2 aromatic rings. The molecule has 3 heteroatoms. The molecule has 124 valence electrons. The molecule has 1 aromatic carbocycles. The van der Waals surface area contributed by atoms with Crippen molar-refractivity contribution in [3.05, 3.63) is 42.1 Å². The SMILES string of the molecule is CCCCCCC=C(CCC)n1c(C(=O)O)cc2ccccc21. The number of unbranched alkanes of at least 4 members (excludes halogenated alkanes) is 4. The van der Waals surface area contributed by atoms with Gasteiger partial charge in [-0.15, -0.1) is 0 Å². The fraction of sp³-hybridized carbons (Fsp3) is 0.450. The van der Waals surface area contributed by atoms with Gasteiger partial charge in [-0.3, -0.25) is 0 Å². The minimum Gasteiger partial charge on any atom is -0.477 e. The van der Waals surface area contributed by atoms with Gasteiger partial charge in [0.25, 0.3) is 0 Å². The van der Waals surface area contributed by atoms with Crippen molar-refractivity contribution in [1.82, 2.24) is 4.57 Å². The number of carbonyl (C=O) groups is 1. The fourth-order valence-electron chi connectivity index (χ4n) is 3.02. The Kier molecular flexibility index (Phi) is 6.45. The van der Waals surface area contributed by atoms with Crippen LogP contribution in [-0.2, 0) is 0 Å². The van der Waals surface area contributed by atoms with E-state index in [-0.39, 0.29) is 0 Å². The third-order valence-electron chi connectivity index (χ3n) is 4.16. The van der Waals surface area contributed by atoms with Gasteiger partial charge >= 0.3 is 5.97 Å². The van der Waals surface area contributed by atoms with Crippen LogP contribution in [0.3, 0.4) is 0 Å². The zero-order valence-electron chi connectivity index (χ0n) is 14.2. The Bertz CT molecular complexity index is 682. The lowest BCUT2D eigenvalue weighted by Crippen LogP contribution is -2.08. The van der Waals surface area contributed by atoms with Crippen LogP contribution >= 0.6 is 0 Å². The summed E-state index contributed by atoms with van der Waals surface area (Å²) >= 11 is 0. The Morgan fingerprint density at radius 3 is 2.61 bits per heavy atom. The summed E-state index contributed by atoms with van der Waals surface area (Å²) in [5, 5.41) is 10.6. The number of hydrogen-bond acceptors (Lipinski definition) is 1. The van der Waals surface area contributed by atoms with Crippen molar-refractivity contribution in [2.24, 2.45) is 0 Å². The van der Waals surface area contributed by atoms with E-state index in [0.717, 1.165) is 35.9 Å². The van der Waals surface area contributed by atoms with Crippen molar-refractivity contribution >= 4 is 22.6 Å². The second-order valence-corrected chi connectivity index (χ2v) is 6.02. The summed E-state index contributed by atoms with van der Waals surface area (Å²) in [5.74, 6) is -0.866. The Hall–Kier alpha value is -2.03. The number of allylic oxidation sites excluding steroid dienone is 2. The second kappa shape index (κ2) is 8.56. The molecule has 0 atom stereocenters. The lowest BCUT2D eigenvalue weighted by atomic mass is 10.1. The third-order valence-corrected chi connectivity index (χ3v) is 4.16. The molecule has 0 aliphatic carbocycles. The molecule has 0 amide bonds. The predicted octanol–water partition coefficient (Wildman–Crippen LogP) is 5.95. The molecular weight excluding hydrogens is 286 g/mol. The molecule has 0 fully saturated rings. The lowest BCUT2D eigenvalue weighted by molar-refractivity contribution is 0.0689. The van der Waals surface area contributed by atoms with Crippen LogP contribution in [0.1, 0.15) is 69.3 Å². The summed E-state index contributed by atoms with van der Waals surface area (Å²) in [7, 11) is 0. The largest absolute Gasteiger partial charge is 0.477 e. The van der Waals surface area contributed by atoms with Crippen molar-refractivity contribution in [3.8, 4) is 0 Å². The van der Waals surface area contributed by atoms with Crippen LogP contribution in [0.15, 0.2) is 36.4 Å². The van der Waals surface area contributed by atoms with Crippen LogP contribution in [0.2, 0.25) is 0 Å². The number of carboxylic acids is 1. The molecule has 0 unspecified atom stereocenters. The van der Waals surface area contributed by atoms with Gasteiger partial charge < -0.3 is 9.67 Å². The second-order valence-electron chi connectivity index (χ2n) is 6.02. The molecule has 0 bridgehead atoms. The Morgan fingerprint density at radius 2 is 1.91 bits per heavy atom. The lowest BCUT2D eigenvalue weighted by Gasteiger charge is -2.13. The van der Waals surface area contributed by atoms with Gasteiger partial charge in [-0.2, -0.15) is 0 Å². The van der Waals surface area contributed by atoms with E-state index in [9.17, 15) is 9.90 Å². The number of hydrogen-bond donors (Lipinski definition) is 1. The van der Waals surface area contributed by atoms with Crippen LogP contribution in [0.25, 0.3) is 16.6 Å². The first-order valence-electron chi connectivity index (χ1n) is 8.72. The first-order valence-corrected chi connectivity index (χ1v) is 8.72. The van der Waals surface area contributed by atoms with Crippen molar-refractivity contribution in [2.45, 2.75) is 58.8 Å². The van der Waals surface area contributed by atoms with Crippen LogP contribution in [0, 0.1) is 0 Å². The van der Waals surface area contributed by atoms with Crippen molar-refractivity contribution in [1.29, 1.82) is 0 Å². The van der Waals surface area contributed by atoms with Gasteiger partial charge in [-0.05, 0) is 31.4 Å². The van der Waals surface area contributed by atoms with E-state index in [1.165, 1.54) is 25.7 Å². The summed E-state index contributed by atoms with van der Waals surface area (Å²) in [6.07, 6.45) is 10.1. The van der Waals surface area contributed by atoms with E-state index in [4.69, 9.17) is 0 Å². The molecule has 0 aliphatic heterocycles. The number of rotatable bonds is 9. The summed E-state index contributed by atoms with van der Waals surface area (Å²) in [6.45, 7) is 4.35. The average molecular weight is 313 g/mol. The zero-order chi connectivity index (χ0) is 16.7. The molecule has 0 spiro atoms. The molecule has 0 radical (unpaired) electrons. The summed E-state index contributed by atoms with van der Waals surface area (Å²) in [6, 6.07) is 9.67. The van der Waals surface area contributed by atoms with E-state index in [0.29, 0.717) is 5.69 Å². The molecular formula is C20H27NO2. The first-order chi connectivity index (χ1) is 11.2. The highest BCUT2D eigenvalue weighted by Gasteiger charge is 2.16. The summed E-state index contributed by atoms with van der Waals surface area (Å²) in [5.41, 5.74) is 2.46. The van der Waals surface area contributed by atoms with Crippen LogP contribution in [0.5, 0.6) is 0 Å². The zero-order valence-corrected chi connectivity index (χ0v) is 14.2. The van der Waals surface area contributed by atoms with Crippen molar-refractivity contribution in [2.75, 3.05) is 0 Å². The minimum atomic E-state index is -0.866. The van der Waals surface area contributed by atoms with E-state index in [2.05, 4.69) is 19.9 Å². The Morgan fingerprint density at radius 1 is 1.13 bits per heavy atom. The number of nitrogens with zero attached hydrogens (tertiary/aromatic N) is 1. The van der Waals surface area contributed by atoms with E-state index < -0.39 is 5.97 Å². The molecule has 0 aliphatic rings. The fourth-order valence-corrected chi connectivity index (χ4v) is 3.02. The molecule has 1 N–H and O–H groups in total. The van der Waals surface area contributed by atoms with E-state index in [1.807, 2.05) is 28.8 Å². The summed E-state index contributed by atoms with van der Waals surface area (Å²) in [4.78, 5) is 11.7. The number of fused-ring (bicyclic) bond motifs is 1. The average Bonchev–Trinajstić information content (AvgIpc) is 2.93. The maximum atomic E-state index is 11.7. The van der Waals surface area contributed by atoms with Gasteiger partial charge in [0.05, 0.1) is 5.52 Å². The van der Waals surface area contributed by atoms with Gasteiger partial charge in [0, 0.05) is 11.1 Å². The molecule has 0 saturated heterocycles. The number of benzene rings is 1. The topological polar surface area (TPSA) is 42.2 Å². The molecule has 1 heterocycles. The van der Waals surface area contributed by atoms with Crippen molar-refractivity contribution in [3.63, 3.8) is 0 Å². The van der Waals surface area contributed by atoms with E-state index in [1.54, 1.807) is 6.07 Å². The smallest absolute Gasteiger partial charge is 0.352 e. The molecule has 23 heavy (non-hydrogen) atoms. The number of aromatic carboxylic acids is 1. The monoisotopic (exact) mass is 313 g/mol. The minimum absolute atomic E-state index is 0.361. The van der Waals surface area contributed by atoms with Gasteiger partial charge in [0.15, 0.2) is 0 Å². The molecule has 1 aromatic heterocycles. The predicted molar refractivity (Wildman–Crippen MR) is 96.8 cm³/mol. The number of carboxylic acid groups (broad SMARTS) is 1. The highest BCUT2D eigenvalue weighted by molar-refractivity contribution is 5.97. The Labute approximate surface area is 138 Å². The standard InChI is InChI=1S/C20H27NO2/c1-3-5-6-7-8-13-17(11-4-2)21-18-14-10-9-12-16(18)15-19(21)20(22)23/h9-10,12-15H,3-8,11H2,1-2H3,(H,22,23). The maximum absolute atomic E-state index is 11.7. The molecule has 2 rings (SSSR count). The Balaban J connectivity index is 2.37. The van der Waals surface area contributed by atoms with Crippen molar-refractivity contribution < 1.29 is 9.90 Å². The molecule has 0 saturated carbocycles. The van der Waals surface area contributed by atoms with Crippen LogP contribution in [-0.4, -0.2) is 15.6 Å². The number of para-hydroxylation sites is 1. The third kappa shape index (κ3) is 4.25. The quantitative estimate of drug-likeness (QED) is 0.581. The first kappa shape index (κ1) is 17.3. The molecule has 3 nitrogen and oxygen atoms in total. The van der Waals surface area contributed by atoms with Gasteiger partial charge in [0.2, 0.25) is 0 Å². The normalized spacial score (nSPS) is 12.0. The highest BCUT2D eigenvalue weighted by Crippen LogP contribution is 2.27. The van der Waals surface area contributed by atoms with Gasteiger partial charge in [0.1, 0.15) is 5.69 Å². The maximum Gasteiger partial charge on any atom is 0.352 e. The van der Waals surface area contributed by atoms with Crippen LogP contribution in [0.4, 0.5) is 0 Å². The summed E-state index contributed by atoms with van der Waals surface area (Å²) < 4.78 is 1.93.